The summed E-state index contributed by atoms with van der Waals surface area (Å²) in [7, 11) is 0. The first-order chi connectivity index (χ1) is 23.4. The lowest BCUT2D eigenvalue weighted by Gasteiger charge is -2.39. The molecule has 0 N–H and O–H groups in total. The minimum Gasteiger partial charge on any atom is -0.333 e. The third-order valence-electron chi connectivity index (χ3n) is 9.26. The fourth-order valence-corrected chi connectivity index (χ4v) is 6.28. The lowest BCUT2D eigenvalue weighted by Crippen LogP contribution is -2.49. The highest BCUT2D eigenvalue weighted by atomic mass is 19.4. The summed E-state index contributed by atoms with van der Waals surface area (Å²) < 4.78 is 68.9. The van der Waals surface area contributed by atoms with Crippen LogP contribution >= 0.6 is 0 Å². The third-order valence-corrected chi connectivity index (χ3v) is 9.26. The number of piperidine rings is 1. The number of amides is 1. The number of nitrogens with zero attached hydrogens (tertiary/aromatic N) is 5. The van der Waals surface area contributed by atoms with Crippen molar-refractivity contribution in [1.29, 1.82) is 0 Å². The molecule has 0 aliphatic carbocycles. The van der Waals surface area contributed by atoms with Gasteiger partial charge in [-0.25, -0.2) is 13.5 Å². The van der Waals surface area contributed by atoms with Crippen LogP contribution in [0.2, 0.25) is 0 Å². The maximum absolute atomic E-state index is 14.5. The van der Waals surface area contributed by atoms with Gasteiger partial charge in [0.2, 0.25) is 5.91 Å². The van der Waals surface area contributed by atoms with E-state index in [0.29, 0.717) is 12.0 Å². The van der Waals surface area contributed by atoms with Gasteiger partial charge in [0.1, 0.15) is 17.6 Å². The van der Waals surface area contributed by atoms with E-state index >= 15 is 0 Å². The molecular weight excluding hydrogens is 641 g/mol. The van der Waals surface area contributed by atoms with Crippen LogP contribution in [-0.2, 0) is 36.8 Å². The van der Waals surface area contributed by atoms with Crippen LogP contribution < -0.4 is 5.56 Å². The highest BCUT2D eigenvalue weighted by molar-refractivity contribution is 5.80. The molecule has 1 aliphatic rings. The quantitative estimate of drug-likeness (QED) is 0.159. The summed E-state index contributed by atoms with van der Waals surface area (Å²) in [4.78, 5) is 35.6. The molecule has 49 heavy (non-hydrogen) atoms. The van der Waals surface area contributed by atoms with E-state index in [1.165, 1.54) is 28.9 Å². The fraction of sp³-hybridized carbons (Fsp3) is 0.405. The molecular formula is C37H40F5N5O2. The Morgan fingerprint density at radius 3 is 2.16 bits per heavy atom. The van der Waals surface area contributed by atoms with E-state index in [1.54, 1.807) is 13.8 Å². The van der Waals surface area contributed by atoms with E-state index in [9.17, 15) is 31.5 Å². The van der Waals surface area contributed by atoms with Gasteiger partial charge in [-0.1, -0.05) is 62.4 Å². The van der Waals surface area contributed by atoms with Gasteiger partial charge in [0.25, 0.3) is 5.56 Å². The molecule has 1 amide bonds. The fourth-order valence-electron chi connectivity index (χ4n) is 6.28. The van der Waals surface area contributed by atoms with Crippen LogP contribution in [0.25, 0.3) is 11.1 Å². The normalized spacial score (nSPS) is 14.9. The van der Waals surface area contributed by atoms with Crippen molar-refractivity contribution in [2.24, 2.45) is 0 Å². The van der Waals surface area contributed by atoms with Gasteiger partial charge in [0.15, 0.2) is 11.6 Å². The number of hydrogen-bond donors (Lipinski definition) is 0. The number of halogens is 5. The molecule has 260 valence electrons. The molecule has 5 rings (SSSR count). The number of aryl methyl sites for hydroxylation is 3. The maximum atomic E-state index is 14.5. The van der Waals surface area contributed by atoms with Crippen molar-refractivity contribution in [3.8, 4) is 11.1 Å². The van der Waals surface area contributed by atoms with Crippen molar-refractivity contribution in [3.05, 3.63) is 117 Å². The molecule has 0 saturated carbocycles. The Labute approximate surface area is 282 Å². The molecule has 0 bridgehead atoms. The predicted octanol–water partition coefficient (Wildman–Crippen LogP) is 7.02. The Kier molecular flexibility index (Phi) is 11.3. The van der Waals surface area contributed by atoms with Gasteiger partial charge in [-0.15, -0.1) is 0 Å². The summed E-state index contributed by atoms with van der Waals surface area (Å²) in [5, 5.41) is 4.54. The molecule has 12 heteroatoms. The van der Waals surface area contributed by atoms with Crippen molar-refractivity contribution in [2.75, 3.05) is 19.6 Å². The lowest BCUT2D eigenvalue weighted by molar-refractivity contribution is -0.139. The smallest absolute Gasteiger partial charge is 0.333 e. The average molecular weight is 682 g/mol. The average Bonchev–Trinajstić information content (AvgIpc) is 3.10. The predicted molar refractivity (Wildman–Crippen MR) is 177 cm³/mol. The van der Waals surface area contributed by atoms with Crippen LogP contribution in [0, 0.1) is 11.6 Å². The lowest BCUT2D eigenvalue weighted by atomic mass is 9.99. The van der Waals surface area contributed by atoms with Gasteiger partial charge in [-0.2, -0.15) is 23.3 Å². The molecule has 3 aromatic carbocycles. The minimum absolute atomic E-state index is 0.0502. The van der Waals surface area contributed by atoms with Crippen LogP contribution in [0.5, 0.6) is 0 Å². The number of rotatable bonds is 11. The second-order valence-corrected chi connectivity index (χ2v) is 12.4. The number of benzene rings is 3. The molecule has 0 spiro atoms. The highest BCUT2D eigenvalue weighted by Gasteiger charge is 2.33. The molecule has 0 radical (unpaired) electrons. The zero-order valence-electron chi connectivity index (χ0n) is 27.8. The molecule has 4 aromatic rings. The highest BCUT2D eigenvalue weighted by Crippen LogP contribution is 2.31. The van der Waals surface area contributed by atoms with Crippen molar-refractivity contribution < 1.29 is 26.7 Å². The van der Waals surface area contributed by atoms with Crippen LogP contribution in [0.1, 0.15) is 67.9 Å². The van der Waals surface area contributed by atoms with E-state index in [-0.39, 0.29) is 48.4 Å². The number of likely N-dealkylation sites (tertiary alicyclic amines) is 1. The zero-order valence-corrected chi connectivity index (χ0v) is 27.8. The van der Waals surface area contributed by atoms with E-state index in [1.807, 2.05) is 29.2 Å². The largest absolute Gasteiger partial charge is 0.416 e. The molecule has 7 nitrogen and oxygen atoms in total. The molecule has 2 heterocycles. The number of aromatic nitrogens is 3. The Morgan fingerprint density at radius 1 is 0.939 bits per heavy atom. The summed E-state index contributed by atoms with van der Waals surface area (Å²) in [6, 6.07) is 15.4. The molecule has 1 aromatic heterocycles. The second kappa shape index (κ2) is 15.4. The molecule has 1 saturated heterocycles. The van der Waals surface area contributed by atoms with Gasteiger partial charge in [-0.05, 0) is 79.6 Å². The van der Waals surface area contributed by atoms with E-state index in [0.717, 1.165) is 61.8 Å². The van der Waals surface area contributed by atoms with Crippen molar-refractivity contribution in [1.82, 2.24) is 24.6 Å². The summed E-state index contributed by atoms with van der Waals surface area (Å²) in [6.45, 7) is 8.42. The topological polar surface area (TPSA) is 71.3 Å². The first kappa shape index (κ1) is 35.8. The number of alkyl halides is 3. The molecule has 1 fully saturated rings. The summed E-state index contributed by atoms with van der Waals surface area (Å²) in [5.74, 6) is -1.95. The van der Waals surface area contributed by atoms with E-state index in [2.05, 4.69) is 21.9 Å². The number of carbonyl (C=O) groups is 1. The summed E-state index contributed by atoms with van der Waals surface area (Å²) in [6.07, 6.45) is -2.48. The Hall–Kier alpha value is -4.45. The number of carbonyl (C=O) groups excluding carboxylic acids is 1. The van der Waals surface area contributed by atoms with Crippen molar-refractivity contribution >= 4 is 5.91 Å². The van der Waals surface area contributed by atoms with Crippen LogP contribution in [0.3, 0.4) is 0 Å². The SMILES string of the molecule is CCc1nn(C(C)C(=O)N(Cc2ccc(-c3ccc(C(F)(F)F)cc3)cc2)C2CCN(CC)CC2)c(CCc2cccc(F)c2F)nc1=O. The summed E-state index contributed by atoms with van der Waals surface area (Å²) in [5.41, 5.74) is 1.32. The Balaban J connectivity index is 1.42. The Bertz CT molecular complexity index is 1800. The Morgan fingerprint density at radius 2 is 1.57 bits per heavy atom. The van der Waals surface area contributed by atoms with Gasteiger partial charge < -0.3 is 9.80 Å². The van der Waals surface area contributed by atoms with E-state index < -0.39 is 35.0 Å². The molecule has 1 unspecified atom stereocenters. The zero-order chi connectivity index (χ0) is 35.3. The minimum atomic E-state index is -4.41. The van der Waals surface area contributed by atoms with Crippen LogP contribution in [0.4, 0.5) is 22.0 Å². The monoisotopic (exact) mass is 681 g/mol. The van der Waals surface area contributed by atoms with Gasteiger partial charge in [-0.3, -0.25) is 9.59 Å². The van der Waals surface area contributed by atoms with Gasteiger partial charge in [0.05, 0.1) is 5.56 Å². The second-order valence-electron chi connectivity index (χ2n) is 12.4. The molecule has 1 atom stereocenters. The van der Waals surface area contributed by atoms with Crippen molar-refractivity contribution in [3.63, 3.8) is 0 Å². The van der Waals surface area contributed by atoms with Gasteiger partial charge in [0, 0.05) is 32.1 Å². The van der Waals surface area contributed by atoms with Gasteiger partial charge >= 0.3 is 6.18 Å². The summed E-state index contributed by atoms with van der Waals surface area (Å²) >= 11 is 0. The maximum Gasteiger partial charge on any atom is 0.416 e. The first-order valence-electron chi connectivity index (χ1n) is 16.6. The standard InChI is InChI=1S/C37H40F5N5O2/c1-4-32-35(48)43-33(18-15-28-7-6-8-31(38)34(28)39)47(44-32)24(3)36(49)46(30-19-21-45(5-2)22-20-30)23-25-9-11-26(12-10-25)27-13-16-29(17-14-27)37(40,41)42/h6-14,16-17,24,30H,4-5,15,18-23H2,1-3H3. The number of hydrogen-bond acceptors (Lipinski definition) is 5. The van der Waals surface area contributed by atoms with E-state index in [4.69, 9.17) is 0 Å². The van der Waals surface area contributed by atoms with Crippen LogP contribution in [0.15, 0.2) is 71.5 Å². The van der Waals surface area contributed by atoms with Crippen molar-refractivity contribution in [2.45, 2.75) is 77.7 Å². The van der Waals surface area contributed by atoms with Crippen LogP contribution in [-0.4, -0.2) is 56.1 Å². The molecule has 1 aliphatic heterocycles. The first-order valence-corrected chi connectivity index (χ1v) is 16.6. The third kappa shape index (κ3) is 8.41.